The number of fused-ring (bicyclic) bond motifs is 1. The summed E-state index contributed by atoms with van der Waals surface area (Å²) in [5, 5.41) is 9.95. The van der Waals surface area contributed by atoms with Crippen LogP contribution in [0.5, 0.6) is 0 Å². The van der Waals surface area contributed by atoms with Crippen molar-refractivity contribution < 1.29 is 14.6 Å². The van der Waals surface area contributed by atoms with E-state index in [4.69, 9.17) is 20.4 Å². The molecular formula is C25H27N7O3S. The Morgan fingerprint density at radius 1 is 1.14 bits per heavy atom. The lowest BCUT2D eigenvalue weighted by Gasteiger charge is -2.29. The number of hydrogen-bond acceptors (Lipinski definition) is 10. The number of benzene rings is 1. The van der Waals surface area contributed by atoms with Crippen molar-refractivity contribution in [3.05, 3.63) is 53.5 Å². The van der Waals surface area contributed by atoms with Gasteiger partial charge in [0, 0.05) is 55.8 Å². The van der Waals surface area contributed by atoms with Gasteiger partial charge in [0.1, 0.15) is 5.82 Å². The molecule has 5 heterocycles. The number of carbonyl (C=O) groups is 1. The fourth-order valence-corrected chi connectivity index (χ4v) is 6.19. The van der Waals surface area contributed by atoms with E-state index in [0.29, 0.717) is 44.1 Å². The maximum atomic E-state index is 13.0. The minimum Gasteiger partial charge on any atom is -0.391 e. The molecule has 2 atom stereocenters. The van der Waals surface area contributed by atoms with Crippen molar-refractivity contribution in [2.24, 2.45) is 0 Å². The molecule has 3 N–H and O–H groups in total. The van der Waals surface area contributed by atoms with Gasteiger partial charge in [0.05, 0.1) is 35.5 Å². The molecule has 1 aromatic carbocycles. The highest BCUT2D eigenvalue weighted by molar-refractivity contribution is 8.00. The predicted octanol–water partition coefficient (Wildman–Crippen LogP) is 1.95. The molecule has 0 saturated carbocycles. The maximum absolute atomic E-state index is 13.0. The molecule has 6 rings (SSSR count). The zero-order valence-corrected chi connectivity index (χ0v) is 20.5. The van der Waals surface area contributed by atoms with E-state index in [1.54, 1.807) is 29.1 Å². The first kappa shape index (κ1) is 23.1. The van der Waals surface area contributed by atoms with Crippen LogP contribution in [-0.2, 0) is 11.2 Å². The second-order valence-electron chi connectivity index (χ2n) is 9.21. The van der Waals surface area contributed by atoms with Crippen molar-refractivity contribution in [1.82, 2.24) is 24.8 Å². The van der Waals surface area contributed by atoms with E-state index in [-0.39, 0.29) is 17.1 Å². The Hall–Kier alpha value is -3.28. The minimum absolute atomic E-state index is 0.0339. The molecule has 2 fully saturated rings. The highest BCUT2D eigenvalue weighted by Crippen LogP contribution is 2.50. The Morgan fingerprint density at radius 3 is 2.69 bits per heavy atom. The van der Waals surface area contributed by atoms with Crippen molar-refractivity contribution in [1.29, 1.82) is 0 Å². The quantitative estimate of drug-likeness (QED) is 0.542. The number of aliphatic hydroxyl groups excluding tert-OH is 1. The molecule has 2 saturated heterocycles. The van der Waals surface area contributed by atoms with E-state index < -0.39 is 6.10 Å². The molecule has 11 heteroatoms. The van der Waals surface area contributed by atoms with Crippen molar-refractivity contribution in [3.63, 3.8) is 0 Å². The molecule has 3 aliphatic heterocycles. The minimum atomic E-state index is -0.435. The summed E-state index contributed by atoms with van der Waals surface area (Å²) in [6, 6.07) is 7.83. The van der Waals surface area contributed by atoms with Crippen LogP contribution in [0.4, 0.5) is 11.8 Å². The number of morpholine rings is 1. The average Bonchev–Trinajstić information content (AvgIpc) is 3.55. The summed E-state index contributed by atoms with van der Waals surface area (Å²) in [5.41, 5.74) is 9.10. The molecule has 0 spiro atoms. The van der Waals surface area contributed by atoms with Crippen LogP contribution in [0.15, 0.2) is 41.6 Å². The Bertz CT molecular complexity index is 1280. The van der Waals surface area contributed by atoms with Gasteiger partial charge in [-0.25, -0.2) is 19.9 Å². The number of likely N-dealkylation sites (tertiary alicyclic amines) is 1. The van der Waals surface area contributed by atoms with Gasteiger partial charge in [0.25, 0.3) is 5.91 Å². The summed E-state index contributed by atoms with van der Waals surface area (Å²) in [5.74, 6) is 1.66. The van der Waals surface area contributed by atoms with E-state index in [1.165, 1.54) is 0 Å². The number of nitrogen functional groups attached to an aromatic ring is 1. The van der Waals surface area contributed by atoms with E-state index >= 15 is 0 Å². The molecule has 10 nitrogen and oxygen atoms in total. The van der Waals surface area contributed by atoms with Crippen molar-refractivity contribution in [3.8, 4) is 11.4 Å². The number of ether oxygens (including phenoxy) is 1. The van der Waals surface area contributed by atoms with Gasteiger partial charge in [-0.05, 0) is 24.1 Å². The SMILES string of the molecule is Nc1ncc(-c2nc3c(c(N4CCOCC4)n2)SC(c2cccc(C(=O)N4CCC(O)C4)c2)C3)cn1. The highest BCUT2D eigenvalue weighted by Gasteiger charge is 2.33. The van der Waals surface area contributed by atoms with Gasteiger partial charge in [0.15, 0.2) is 5.82 Å². The summed E-state index contributed by atoms with van der Waals surface area (Å²) in [6.45, 7) is 3.81. The highest BCUT2D eigenvalue weighted by atomic mass is 32.2. The Kier molecular flexibility index (Phi) is 6.20. The van der Waals surface area contributed by atoms with E-state index in [2.05, 4.69) is 20.9 Å². The first-order valence-electron chi connectivity index (χ1n) is 12.1. The topological polar surface area (TPSA) is 131 Å². The lowest BCUT2D eigenvalue weighted by Crippen LogP contribution is -2.37. The molecule has 0 radical (unpaired) electrons. The van der Waals surface area contributed by atoms with Crippen LogP contribution < -0.4 is 10.6 Å². The number of aromatic nitrogens is 4. The van der Waals surface area contributed by atoms with Crippen molar-refractivity contribution >= 4 is 29.4 Å². The Morgan fingerprint density at radius 2 is 1.94 bits per heavy atom. The molecule has 2 aromatic heterocycles. The molecule has 186 valence electrons. The summed E-state index contributed by atoms with van der Waals surface area (Å²) in [7, 11) is 0. The third kappa shape index (κ3) is 4.49. The molecule has 3 aliphatic rings. The second-order valence-corrected chi connectivity index (χ2v) is 10.4. The number of rotatable bonds is 4. The second kappa shape index (κ2) is 9.64. The number of amides is 1. The standard InChI is InChI=1S/C25H27N7O3S/c26-25-27-12-17(13-28-25)22-29-19-11-20(36-21(19)23(30-22)31-6-8-35-9-7-31)15-2-1-3-16(10-15)24(34)32-5-4-18(33)14-32/h1-3,10,12-13,18,20,33H,4-9,11,14H2,(H2,26,27,28). The molecule has 3 aromatic rings. The van der Waals surface area contributed by atoms with Gasteiger partial charge in [-0.15, -0.1) is 11.8 Å². The number of carbonyl (C=O) groups excluding carboxylic acids is 1. The van der Waals surface area contributed by atoms with Gasteiger partial charge in [-0.3, -0.25) is 4.79 Å². The predicted molar refractivity (Wildman–Crippen MR) is 136 cm³/mol. The van der Waals surface area contributed by atoms with E-state index in [9.17, 15) is 9.90 Å². The molecule has 0 bridgehead atoms. The van der Waals surface area contributed by atoms with Crippen LogP contribution in [0.25, 0.3) is 11.4 Å². The van der Waals surface area contributed by atoms with Crippen molar-refractivity contribution in [2.45, 2.75) is 29.1 Å². The summed E-state index contributed by atoms with van der Waals surface area (Å²) < 4.78 is 5.57. The smallest absolute Gasteiger partial charge is 0.253 e. The van der Waals surface area contributed by atoms with Crippen LogP contribution in [0, 0.1) is 0 Å². The first-order valence-corrected chi connectivity index (χ1v) is 13.0. The number of β-amino-alcohol motifs (C(OH)–C–C–N with tert-alkyl or cyclic N) is 1. The number of thioether (sulfide) groups is 1. The van der Waals surface area contributed by atoms with Gasteiger partial charge in [-0.1, -0.05) is 12.1 Å². The van der Waals surface area contributed by atoms with Gasteiger partial charge < -0.3 is 25.4 Å². The number of hydrogen-bond donors (Lipinski definition) is 2. The maximum Gasteiger partial charge on any atom is 0.253 e. The number of aliphatic hydroxyl groups is 1. The van der Waals surface area contributed by atoms with E-state index in [1.807, 2.05) is 18.2 Å². The number of nitrogens with zero attached hydrogens (tertiary/aromatic N) is 6. The van der Waals surface area contributed by atoms with E-state index in [0.717, 1.165) is 47.0 Å². The number of nitrogens with two attached hydrogens (primary N) is 1. The summed E-state index contributed by atoms with van der Waals surface area (Å²) in [4.78, 5) is 36.1. The third-order valence-corrected chi connectivity index (χ3v) is 8.13. The zero-order chi connectivity index (χ0) is 24.6. The van der Waals surface area contributed by atoms with Crippen LogP contribution >= 0.6 is 11.8 Å². The summed E-state index contributed by atoms with van der Waals surface area (Å²) in [6.07, 6.45) is 4.22. The normalized spacial score (nSPS) is 21.6. The van der Waals surface area contributed by atoms with Gasteiger partial charge >= 0.3 is 0 Å². The largest absolute Gasteiger partial charge is 0.391 e. The lowest BCUT2D eigenvalue weighted by molar-refractivity contribution is 0.0765. The molecule has 2 unspecified atom stereocenters. The van der Waals surface area contributed by atoms with Crippen LogP contribution in [0.3, 0.4) is 0 Å². The fourth-order valence-electron chi connectivity index (χ4n) is 4.84. The average molecular weight is 506 g/mol. The van der Waals surface area contributed by atoms with Gasteiger partial charge in [0.2, 0.25) is 5.95 Å². The number of anilines is 2. The van der Waals surface area contributed by atoms with Crippen LogP contribution in [-0.4, -0.2) is 81.3 Å². The third-order valence-electron chi connectivity index (χ3n) is 6.75. The van der Waals surface area contributed by atoms with Crippen LogP contribution in [0.1, 0.15) is 33.3 Å². The van der Waals surface area contributed by atoms with Crippen molar-refractivity contribution in [2.75, 3.05) is 50.0 Å². The Labute approximate surface area is 212 Å². The monoisotopic (exact) mass is 505 g/mol. The van der Waals surface area contributed by atoms with Gasteiger partial charge in [-0.2, -0.15) is 0 Å². The fraction of sp³-hybridized carbons (Fsp3) is 0.400. The zero-order valence-electron chi connectivity index (χ0n) is 19.7. The molecular weight excluding hydrogens is 478 g/mol. The first-order chi connectivity index (χ1) is 17.5. The molecule has 1 amide bonds. The molecule has 36 heavy (non-hydrogen) atoms. The lowest BCUT2D eigenvalue weighted by atomic mass is 10.0. The summed E-state index contributed by atoms with van der Waals surface area (Å²) >= 11 is 1.75. The van der Waals surface area contributed by atoms with Crippen LogP contribution in [0.2, 0.25) is 0 Å². The Balaban J connectivity index is 1.32. The molecule has 0 aliphatic carbocycles.